The van der Waals surface area contributed by atoms with Crippen LogP contribution in [0.1, 0.15) is 37.4 Å². The third-order valence-electron chi connectivity index (χ3n) is 4.91. The summed E-state index contributed by atoms with van der Waals surface area (Å²) in [5, 5.41) is 22.8. The molecule has 3 aromatic heterocycles. The van der Waals surface area contributed by atoms with Crippen LogP contribution in [-0.4, -0.2) is 26.9 Å². The summed E-state index contributed by atoms with van der Waals surface area (Å²) in [4.78, 5) is 35.7. The number of carbonyl (C=O) groups excluding carboxylic acids is 2. The molecule has 0 unspecified atom stereocenters. The van der Waals surface area contributed by atoms with Crippen LogP contribution in [0.4, 0.5) is 0 Å². The minimum absolute atomic E-state index is 0.0939. The Morgan fingerprint density at radius 2 is 1.21 bits per heavy atom. The second kappa shape index (κ2) is 9.23. The topological polar surface area (TPSA) is 119 Å². The summed E-state index contributed by atoms with van der Waals surface area (Å²) in [6.07, 6.45) is 6.78. The number of aromatic carboxylic acids is 2. The zero-order valence-electron chi connectivity index (χ0n) is 17.6. The van der Waals surface area contributed by atoms with E-state index in [1.54, 1.807) is 12.3 Å². The van der Waals surface area contributed by atoms with Crippen LogP contribution in [0.25, 0.3) is 34.9 Å². The maximum absolute atomic E-state index is 11.6. The summed E-state index contributed by atoms with van der Waals surface area (Å²) < 4.78 is 0. The fourth-order valence-electron chi connectivity index (χ4n) is 3.17. The van der Waals surface area contributed by atoms with Crippen LogP contribution in [0.2, 0.25) is 0 Å². The molecule has 0 aliphatic heterocycles. The van der Waals surface area contributed by atoms with Crippen molar-refractivity contribution in [3.05, 3.63) is 101 Å². The normalized spacial score (nSPS) is 10.9. The molecular weight excluding hydrogens is 418 g/mol. The molecule has 4 rings (SSSR count). The molecule has 7 heteroatoms. The first-order valence-corrected chi connectivity index (χ1v) is 10.0. The first-order chi connectivity index (χ1) is 15.9. The largest absolute Gasteiger partial charge is 0.545 e. The number of benzene rings is 1. The molecule has 1 aromatic carbocycles. The maximum atomic E-state index is 11.6. The quantitative estimate of drug-likeness (QED) is 0.456. The molecule has 0 amide bonds. The number of aryl methyl sites for hydroxylation is 1. The monoisotopic (exact) mass is 435 g/mol. The number of nitrogens with zero attached hydrogens (tertiary/aromatic N) is 3. The highest BCUT2D eigenvalue weighted by molar-refractivity contribution is 5.90. The molecule has 0 saturated carbocycles. The van der Waals surface area contributed by atoms with Crippen LogP contribution in [-0.2, 0) is 0 Å². The van der Waals surface area contributed by atoms with Gasteiger partial charge >= 0.3 is 0 Å². The van der Waals surface area contributed by atoms with Crippen molar-refractivity contribution >= 4 is 24.1 Å². The van der Waals surface area contributed by atoms with Gasteiger partial charge in [0.05, 0.1) is 34.7 Å². The van der Waals surface area contributed by atoms with E-state index in [-0.39, 0.29) is 28.2 Å². The van der Waals surface area contributed by atoms with Gasteiger partial charge in [-0.05, 0) is 54.4 Å². The van der Waals surface area contributed by atoms with E-state index in [1.807, 2.05) is 49.4 Å². The van der Waals surface area contributed by atoms with Crippen molar-refractivity contribution in [3.8, 4) is 22.8 Å². The third-order valence-corrected chi connectivity index (χ3v) is 4.91. The second-order valence-electron chi connectivity index (χ2n) is 7.35. The summed E-state index contributed by atoms with van der Waals surface area (Å²) in [7, 11) is 0. The number of hydrogen-bond acceptors (Lipinski definition) is 7. The number of pyridine rings is 3. The Hall–Kier alpha value is -4.65. The van der Waals surface area contributed by atoms with Crippen molar-refractivity contribution in [1.82, 2.24) is 15.0 Å². The SMILES string of the molecule is Cc1ccc(/C=C/c2ccnc(-c3cc(C(=O)[O-])cc(-c4cc(C(=O)[O-])ccn4)n3)c2)cc1. The Morgan fingerprint density at radius 3 is 1.85 bits per heavy atom. The average Bonchev–Trinajstić information content (AvgIpc) is 2.83. The van der Waals surface area contributed by atoms with Crippen LogP contribution in [0.3, 0.4) is 0 Å². The van der Waals surface area contributed by atoms with Gasteiger partial charge in [0.2, 0.25) is 0 Å². The van der Waals surface area contributed by atoms with E-state index in [2.05, 4.69) is 15.0 Å². The van der Waals surface area contributed by atoms with Gasteiger partial charge in [0.25, 0.3) is 0 Å². The molecule has 0 saturated heterocycles. The van der Waals surface area contributed by atoms with E-state index >= 15 is 0 Å². The molecule has 7 nitrogen and oxygen atoms in total. The Bertz CT molecular complexity index is 1380. The highest BCUT2D eigenvalue weighted by atomic mass is 16.4. The predicted octanol–water partition coefficient (Wildman–Crippen LogP) is 2.41. The van der Waals surface area contributed by atoms with Crippen molar-refractivity contribution in [1.29, 1.82) is 0 Å². The van der Waals surface area contributed by atoms with Gasteiger partial charge < -0.3 is 19.8 Å². The van der Waals surface area contributed by atoms with E-state index in [0.29, 0.717) is 5.69 Å². The fourth-order valence-corrected chi connectivity index (χ4v) is 3.17. The van der Waals surface area contributed by atoms with Crippen LogP contribution in [0, 0.1) is 6.92 Å². The van der Waals surface area contributed by atoms with Gasteiger partial charge in [-0.15, -0.1) is 0 Å². The van der Waals surface area contributed by atoms with Gasteiger partial charge in [-0.25, -0.2) is 4.98 Å². The minimum atomic E-state index is -1.40. The maximum Gasteiger partial charge on any atom is 0.0901 e. The molecule has 0 atom stereocenters. The molecule has 0 spiro atoms. The molecule has 0 radical (unpaired) electrons. The second-order valence-corrected chi connectivity index (χ2v) is 7.35. The molecule has 0 bridgehead atoms. The number of carboxylic acid groups (broad SMARTS) is 2. The number of rotatable bonds is 6. The van der Waals surface area contributed by atoms with Gasteiger partial charge in [0.15, 0.2) is 0 Å². The van der Waals surface area contributed by atoms with Gasteiger partial charge in [-0.2, -0.15) is 0 Å². The Kier molecular flexibility index (Phi) is 6.04. The van der Waals surface area contributed by atoms with Crippen molar-refractivity contribution in [2.45, 2.75) is 6.92 Å². The molecular formula is C26H17N3O4-2. The van der Waals surface area contributed by atoms with Crippen LogP contribution in [0.15, 0.2) is 73.1 Å². The van der Waals surface area contributed by atoms with E-state index in [0.717, 1.165) is 11.1 Å². The number of carbonyl (C=O) groups is 2. The molecule has 3 heterocycles. The lowest BCUT2D eigenvalue weighted by molar-refractivity contribution is -0.256. The zero-order chi connectivity index (χ0) is 23.4. The standard InChI is InChI=1S/C26H19N3O4/c1-16-2-4-17(5-3-16)6-7-18-8-10-27-21(12-18)23-14-20(26(32)33)15-24(29-23)22-13-19(25(30)31)9-11-28-22/h2-15H,1H3,(H,30,31)(H,32,33)/p-2/b7-6+. The summed E-state index contributed by atoms with van der Waals surface area (Å²) in [5.74, 6) is -2.77. The van der Waals surface area contributed by atoms with E-state index < -0.39 is 11.9 Å². The molecule has 0 aliphatic rings. The minimum Gasteiger partial charge on any atom is -0.545 e. The van der Waals surface area contributed by atoms with E-state index in [9.17, 15) is 19.8 Å². The number of hydrogen-bond donors (Lipinski definition) is 0. The molecule has 0 aliphatic carbocycles. The van der Waals surface area contributed by atoms with Crippen LogP contribution in [0.5, 0.6) is 0 Å². The van der Waals surface area contributed by atoms with Crippen molar-refractivity contribution in [2.75, 3.05) is 0 Å². The van der Waals surface area contributed by atoms with Gasteiger partial charge in [-0.3, -0.25) is 9.97 Å². The summed E-state index contributed by atoms with van der Waals surface area (Å²) in [6, 6.07) is 16.9. The van der Waals surface area contributed by atoms with Crippen LogP contribution >= 0.6 is 0 Å². The molecule has 0 fully saturated rings. The lowest BCUT2D eigenvalue weighted by Gasteiger charge is -2.11. The summed E-state index contributed by atoms with van der Waals surface area (Å²) >= 11 is 0. The lowest BCUT2D eigenvalue weighted by Crippen LogP contribution is -2.23. The smallest absolute Gasteiger partial charge is 0.0901 e. The number of aromatic nitrogens is 3. The fraction of sp³-hybridized carbons (Fsp3) is 0.0385. The van der Waals surface area contributed by atoms with Gasteiger partial charge in [0.1, 0.15) is 0 Å². The highest BCUT2D eigenvalue weighted by Crippen LogP contribution is 2.24. The first kappa shape index (κ1) is 21.6. The third kappa shape index (κ3) is 5.16. The Labute approximate surface area is 189 Å². The zero-order valence-corrected chi connectivity index (χ0v) is 17.6. The van der Waals surface area contributed by atoms with Crippen molar-refractivity contribution in [2.24, 2.45) is 0 Å². The summed E-state index contributed by atoms with van der Waals surface area (Å²) in [5.41, 5.74) is 3.94. The van der Waals surface area contributed by atoms with Gasteiger partial charge in [-0.1, -0.05) is 42.0 Å². The molecule has 0 N–H and O–H groups in total. The van der Waals surface area contributed by atoms with Crippen LogP contribution < -0.4 is 10.2 Å². The van der Waals surface area contributed by atoms with E-state index in [4.69, 9.17) is 0 Å². The molecule has 4 aromatic rings. The number of carboxylic acids is 2. The Morgan fingerprint density at radius 1 is 0.667 bits per heavy atom. The molecule has 162 valence electrons. The highest BCUT2D eigenvalue weighted by Gasteiger charge is 2.11. The predicted molar refractivity (Wildman–Crippen MR) is 119 cm³/mol. The Balaban J connectivity index is 1.73. The van der Waals surface area contributed by atoms with Crippen molar-refractivity contribution < 1.29 is 19.8 Å². The molecule has 33 heavy (non-hydrogen) atoms. The van der Waals surface area contributed by atoms with E-state index in [1.165, 1.54) is 36.0 Å². The summed E-state index contributed by atoms with van der Waals surface area (Å²) in [6.45, 7) is 2.02. The lowest BCUT2D eigenvalue weighted by atomic mass is 10.1. The first-order valence-electron chi connectivity index (χ1n) is 10.0. The van der Waals surface area contributed by atoms with Gasteiger partial charge in [0, 0.05) is 23.5 Å². The average molecular weight is 435 g/mol. The van der Waals surface area contributed by atoms with Crippen molar-refractivity contribution in [3.63, 3.8) is 0 Å².